The molecule has 0 nitrogen and oxygen atoms in total. The minimum absolute atomic E-state index is 1.03. The average molecular weight is 171 g/mol. The molecule has 0 saturated heterocycles. The van der Waals surface area contributed by atoms with E-state index in [2.05, 4.69) is 25.6 Å². The maximum atomic E-state index is 2.22. The van der Waals surface area contributed by atoms with Crippen molar-refractivity contribution in [2.45, 2.75) is 46.0 Å². The number of hydrogen-bond acceptors (Lipinski definition) is 1. The molecule has 1 saturated carbocycles. The first kappa shape index (κ1) is 9.44. The SMILES string of the molecule is C[C](C)SCC1CCCCC1. The summed E-state index contributed by atoms with van der Waals surface area (Å²) in [5.41, 5.74) is 0. The molecule has 0 atom stereocenters. The van der Waals surface area contributed by atoms with Crippen LogP contribution in [0.3, 0.4) is 0 Å². The third-order valence-corrected chi connectivity index (χ3v) is 3.55. The topological polar surface area (TPSA) is 0 Å². The molecular weight excluding hydrogens is 152 g/mol. The zero-order valence-electron chi connectivity index (χ0n) is 7.73. The lowest BCUT2D eigenvalue weighted by molar-refractivity contribution is 0.391. The molecule has 0 aromatic heterocycles. The van der Waals surface area contributed by atoms with Gasteiger partial charge in [0, 0.05) is 5.25 Å². The summed E-state index contributed by atoms with van der Waals surface area (Å²) in [6, 6.07) is 0. The molecule has 1 radical (unpaired) electrons. The summed E-state index contributed by atoms with van der Waals surface area (Å²) in [6.07, 6.45) is 7.42. The first-order valence-corrected chi connectivity index (χ1v) is 5.70. The van der Waals surface area contributed by atoms with Gasteiger partial charge in [0.05, 0.1) is 0 Å². The summed E-state index contributed by atoms with van der Waals surface area (Å²) >= 11 is 2.05. The van der Waals surface area contributed by atoms with E-state index >= 15 is 0 Å². The molecule has 0 amide bonds. The zero-order chi connectivity index (χ0) is 8.10. The molecule has 1 rings (SSSR count). The van der Waals surface area contributed by atoms with E-state index in [0.717, 1.165) is 5.92 Å². The summed E-state index contributed by atoms with van der Waals surface area (Å²) in [5.74, 6) is 2.41. The van der Waals surface area contributed by atoms with E-state index in [4.69, 9.17) is 0 Å². The van der Waals surface area contributed by atoms with Gasteiger partial charge < -0.3 is 0 Å². The van der Waals surface area contributed by atoms with Gasteiger partial charge in [0.25, 0.3) is 0 Å². The Balaban J connectivity index is 2.05. The van der Waals surface area contributed by atoms with Crippen molar-refractivity contribution >= 4 is 11.8 Å². The van der Waals surface area contributed by atoms with Gasteiger partial charge in [-0.15, -0.1) is 0 Å². The highest BCUT2D eigenvalue weighted by atomic mass is 32.2. The second kappa shape index (κ2) is 5.08. The van der Waals surface area contributed by atoms with Crippen LogP contribution >= 0.6 is 11.8 Å². The molecule has 0 unspecified atom stereocenters. The van der Waals surface area contributed by atoms with Crippen LogP contribution in [0.1, 0.15) is 46.0 Å². The van der Waals surface area contributed by atoms with Crippen LogP contribution in [0.4, 0.5) is 0 Å². The number of thioether (sulfide) groups is 1. The molecular formula is C10H19S. The fourth-order valence-electron chi connectivity index (χ4n) is 1.64. The molecule has 0 aromatic carbocycles. The third-order valence-electron chi connectivity index (χ3n) is 2.33. The Morgan fingerprint density at radius 3 is 2.36 bits per heavy atom. The van der Waals surface area contributed by atoms with E-state index in [-0.39, 0.29) is 0 Å². The molecule has 1 aliphatic carbocycles. The van der Waals surface area contributed by atoms with Crippen molar-refractivity contribution in [2.75, 3.05) is 5.75 Å². The Bertz CT molecular complexity index is 93.0. The van der Waals surface area contributed by atoms with Crippen molar-refractivity contribution < 1.29 is 0 Å². The van der Waals surface area contributed by atoms with Gasteiger partial charge in [-0.05, 0) is 38.4 Å². The van der Waals surface area contributed by atoms with E-state index in [0.29, 0.717) is 0 Å². The fraction of sp³-hybridized carbons (Fsp3) is 0.900. The van der Waals surface area contributed by atoms with Gasteiger partial charge in [0.15, 0.2) is 0 Å². The number of rotatable bonds is 3. The Hall–Kier alpha value is 0.350. The maximum Gasteiger partial charge on any atom is 0.0245 e. The number of hydrogen-bond donors (Lipinski definition) is 0. The fourth-order valence-corrected chi connectivity index (χ4v) is 2.54. The molecule has 1 fully saturated rings. The van der Waals surface area contributed by atoms with Crippen LogP contribution in [0.15, 0.2) is 0 Å². The summed E-state index contributed by atoms with van der Waals surface area (Å²) < 4.78 is 0. The van der Waals surface area contributed by atoms with Crippen molar-refractivity contribution in [3.8, 4) is 0 Å². The van der Waals surface area contributed by atoms with Gasteiger partial charge in [-0.2, -0.15) is 11.8 Å². The van der Waals surface area contributed by atoms with E-state index < -0.39 is 0 Å². The Labute approximate surface area is 75.1 Å². The van der Waals surface area contributed by atoms with Gasteiger partial charge in [-0.1, -0.05) is 19.3 Å². The largest absolute Gasteiger partial charge is 0.154 e. The summed E-state index contributed by atoms with van der Waals surface area (Å²) in [4.78, 5) is 0. The van der Waals surface area contributed by atoms with Gasteiger partial charge in [0.1, 0.15) is 0 Å². The standard InChI is InChI=1S/C10H19S/c1-9(2)11-8-10-6-4-3-5-7-10/h10H,3-8H2,1-2H3. The summed E-state index contributed by atoms with van der Waals surface area (Å²) in [7, 11) is 0. The van der Waals surface area contributed by atoms with E-state index in [9.17, 15) is 0 Å². The van der Waals surface area contributed by atoms with Gasteiger partial charge in [0.2, 0.25) is 0 Å². The van der Waals surface area contributed by atoms with Crippen LogP contribution in [-0.2, 0) is 0 Å². The molecule has 0 N–H and O–H groups in total. The quantitative estimate of drug-likeness (QED) is 0.621. The van der Waals surface area contributed by atoms with Crippen molar-refractivity contribution in [1.82, 2.24) is 0 Å². The van der Waals surface area contributed by atoms with Crippen LogP contribution in [0, 0.1) is 11.2 Å². The highest BCUT2D eigenvalue weighted by Gasteiger charge is 2.13. The van der Waals surface area contributed by atoms with Gasteiger partial charge >= 0.3 is 0 Å². The third kappa shape index (κ3) is 4.05. The highest BCUT2D eigenvalue weighted by Crippen LogP contribution is 2.29. The molecule has 0 aromatic rings. The predicted molar refractivity (Wildman–Crippen MR) is 53.6 cm³/mol. The lowest BCUT2D eigenvalue weighted by Crippen LogP contribution is -2.08. The first-order valence-electron chi connectivity index (χ1n) is 4.72. The smallest absolute Gasteiger partial charge is 0.0245 e. The van der Waals surface area contributed by atoms with Gasteiger partial charge in [-0.25, -0.2) is 0 Å². The summed E-state index contributed by atoms with van der Waals surface area (Å²) in [6.45, 7) is 4.43. The Kier molecular flexibility index (Phi) is 4.36. The van der Waals surface area contributed by atoms with Crippen LogP contribution in [0.25, 0.3) is 0 Å². The molecule has 0 spiro atoms. The Morgan fingerprint density at radius 2 is 1.82 bits per heavy atom. The first-order chi connectivity index (χ1) is 5.29. The van der Waals surface area contributed by atoms with E-state index in [1.165, 1.54) is 43.1 Å². The van der Waals surface area contributed by atoms with Crippen molar-refractivity contribution in [3.05, 3.63) is 5.25 Å². The monoisotopic (exact) mass is 171 g/mol. The van der Waals surface area contributed by atoms with Crippen molar-refractivity contribution in [3.63, 3.8) is 0 Å². The zero-order valence-corrected chi connectivity index (χ0v) is 8.54. The van der Waals surface area contributed by atoms with Crippen molar-refractivity contribution in [2.24, 2.45) is 5.92 Å². The van der Waals surface area contributed by atoms with Crippen LogP contribution in [-0.4, -0.2) is 5.75 Å². The lowest BCUT2D eigenvalue weighted by Gasteiger charge is -2.21. The van der Waals surface area contributed by atoms with E-state index in [1.54, 1.807) is 0 Å². The highest BCUT2D eigenvalue weighted by molar-refractivity contribution is 8.02. The maximum absolute atomic E-state index is 2.22. The van der Waals surface area contributed by atoms with Gasteiger partial charge in [-0.3, -0.25) is 0 Å². The molecule has 0 bridgehead atoms. The predicted octanol–water partition coefficient (Wildman–Crippen LogP) is 3.87. The normalized spacial score (nSPS) is 21.0. The molecule has 11 heavy (non-hydrogen) atoms. The molecule has 0 aliphatic heterocycles. The molecule has 0 heterocycles. The van der Waals surface area contributed by atoms with Crippen LogP contribution in [0.5, 0.6) is 0 Å². The van der Waals surface area contributed by atoms with Crippen LogP contribution < -0.4 is 0 Å². The molecule has 1 heteroatoms. The average Bonchev–Trinajstić information content (AvgIpc) is 2.03. The minimum Gasteiger partial charge on any atom is -0.154 e. The molecule has 1 aliphatic rings. The Morgan fingerprint density at radius 1 is 1.18 bits per heavy atom. The van der Waals surface area contributed by atoms with E-state index in [1.807, 2.05) is 0 Å². The van der Waals surface area contributed by atoms with Crippen molar-refractivity contribution in [1.29, 1.82) is 0 Å². The molecule has 65 valence electrons. The lowest BCUT2D eigenvalue weighted by atomic mass is 9.91. The van der Waals surface area contributed by atoms with Crippen LogP contribution in [0.2, 0.25) is 0 Å². The second-order valence-electron chi connectivity index (χ2n) is 3.72. The minimum atomic E-state index is 1.03. The summed E-state index contributed by atoms with van der Waals surface area (Å²) in [5, 5.41) is 1.52. The second-order valence-corrected chi connectivity index (χ2v) is 5.16.